The van der Waals surface area contributed by atoms with Crippen LogP contribution in [0.3, 0.4) is 0 Å². The first-order valence-electron chi connectivity index (χ1n) is 10.0. The van der Waals surface area contributed by atoms with Gasteiger partial charge in [-0.15, -0.1) is 0 Å². The smallest absolute Gasteiger partial charge is 0.270 e. The van der Waals surface area contributed by atoms with E-state index in [0.717, 1.165) is 49.9 Å². The molecule has 1 fully saturated rings. The summed E-state index contributed by atoms with van der Waals surface area (Å²) >= 11 is 0. The Morgan fingerprint density at radius 1 is 1.07 bits per heavy atom. The molecule has 0 radical (unpaired) electrons. The van der Waals surface area contributed by atoms with E-state index in [9.17, 15) is 4.79 Å². The van der Waals surface area contributed by atoms with Crippen LogP contribution in [0, 0.1) is 0 Å². The fraction of sp³-hybridized carbons (Fsp3) is 0.455. The third kappa shape index (κ3) is 4.79. The second kappa shape index (κ2) is 7.91. The normalized spacial score (nSPS) is 16.7. The fourth-order valence-electron chi connectivity index (χ4n) is 3.61. The SMILES string of the molecule is CC(C)(C)NC(=O)c1cc(N2CCN(Cc3ccc4c(c3)OCO4)CC2)ccn1. The molecule has 0 atom stereocenters. The van der Waals surface area contributed by atoms with Gasteiger partial charge >= 0.3 is 0 Å². The maximum atomic E-state index is 12.4. The van der Waals surface area contributed by atoms with Crippen LogP contribution in [0.2, 0.25) is 0 Å². The number of amides is 1. The number of nitrogens with one attached hydrogen (secondary N) is 1. The predicted molar refractivity (Wildman–Crippen MR) is 112 cm³/mol. The monoisotopic (exact) mass is 396 g/mol. The molecule has 0 saturated carbocycles. The Morgan fingerprint density at radius 2 is 1.83 bits per heavy atom. The van der Waals surface area contributed by atoms with Crippen molar-refractivity contribution in [3.8, 4) is 11.5 Å². The van der Waals surface area contributed by atoms with Crippen molar-refractivity contribution in [2.75, 3.05) is 37.9 Å². The molecule has 1 saturated heterocycles. The van der Waals surface area contributed by atoms with Gasteiger partial charge in [0.05, 0.1) is 0 Å². The fourth-order valence-corrected chi connectivity index (χ4v) is 3.61. The number of carbonyl (C=O) groups excluding carboxylic acids is 1. The Morgan fingerprint density at radius 3 is 2.59 bits per heavy atom. The predicted octanol–water partition coefficient (Wildman–Crippen LogP) is 2.66. The van der Waals surface area contributed by atoms with Crippen molar-refractivity contribution in [2.24, 2.45) is 0 Å². The van der Waals surface area contributed by atoms with E-state index in [1.54, 1.807) is 6.20 Å². The van der Waals surface area contributed by atoms with E-state index < -0.39 is 0 Å². The molecule has 154 valence electrons. The van der Waals surface area contributed by atoms with Crippen molar-refractivity contribution < 1.29 is 14.3 Å². The number of aromatic nitrogens is 1. The Kier molecular flexibility index (Phi) is 5.32. The number of hydrogen-bond acceptors (Lipinski definition) is 6. The number of pyridine rings is 1. The summed E-state index contributed by atoms with van der Waals surface area (Å²) in [6.45, 7) is 10.8. The summed E-state index contributed by atoms with van der Waals surface area (Å²) in [5.41, 5.74) is 2.45. The zero-order valence-electron chi connectivity index (χ0n) is 17.3. The highest BCUT2D eigenvalue weighted by Crippen LogP contribution is 2.33. The zero-order valence-corrected chi connectivity index (χ0v) is 17.3. The molecule has 0 bridgehead atoms. The molecule has 1 N–H and O–H groups in total. The highest BCUT2D eigenvalue weighted by molar-refractivity contribution is 5.93. The Hall–Kier alpha value is -2.80. The van der Waals surface area contributed by atoms with E-state index in [1.807, 2.05) is 39.0 Å². The van der Waals surface area contributed by atoms with Crippen LogP contribution in [0.5, 0.6) is 11.5 Å². The van der Waals surface area contributed by atoms with Gasteiger partial charge in [-0.25, -0.2) is 0 Å². The van der Waals surface area contributed by atoms with E-state index in [-0.39, 0.29) is 11.4 Å². The third-order valence-electron chi connectivity index (χ3n) is 5.05. The molecule has 0 aliphatic carbocycles. The number of ether oxygens (including phenoxy) is 2. The van der Waals surface area contributed by atoms with Crippen LogP contribution in [0.1, 0.15) is 36.8 Å². The van der Waals surface area contributed by atoms with E-state index in [1.165, 1.54) is 5.56 Å². The Bertz CT molecular complexity index is 886. The highest BCUT2D eigenvalue weighted by Gasteiger charge is 2.21. The van der Waals surface area contributed by atoms with Crippen LogP contribution >= 0.6 is 0 Å². The van der Waals surface area contributed by atoms with Gasteiger partial charge in [-0.05, 0) is 50.6 Å². The molecule has 1 aromatic heterocycles. The minimum atomic E-state index is -0.283. The van der Waals surface area contributed by atoms with Crippen LogP contribution < -0.4 is 19.7 Å². The molecule has 7 nitrogen and oxygen atoms in total. The Labute approximate surface area is 171 Å². The van der Waals surface area contributed by atoms with Gasteiger partial charge in [-0.2, -0.15) is 0 Å². The van der Waals surface area contributed by atoms with E-state index >= 15 is 0 Å². The minimum absolute atomic E-state index is 0.138. The molecule has 1 aromatic carbocycles. The molecular weight excluding hydrogens is 368 g/mol. The number of piperazine rings is 1. The largest absolute Gasteiger partial charge is 0.454 e. The lowest BCUT2D eigenvalue weighted by molar-refractivity contribution is 0.0914. The molecule has 4 rings (SSSR count). The van der Waals surface area contributed by atoms with E-state index in [2.05, 4.69) is 32.2 Å². The van der Waals surface area contributed by atoms with Crippen molar-refractivity contribution in [3.63, 3.8) is 0 Å². The molecule has 0 unspecified atom stereocenters. The molecule has 2 aliphatic rings. The van der Waals surface area contributed by atoms with Crippen molar-refractivity contribution >= 4 is 11.6 Å². The number of nitrogens with zero attached hydrogens (tertiary/aromatic N) is 3. The topological polar surface area (TPSA) is 66.9 Å². The molecule has 2 aromatic rings. The molecule has 3 heterocycles. The van der Waals surface area contributed by atoms with Crippen LogP contribution in [0.4, 0.5) is 5.69 Å². The van der Waals surface area contributed by atoms with Gasteiger partial charge < -0.3 is 19.7 Å². The van der Waals surface area contributed by atoms with Crippen molar-refractivity contribution in [1.29, 1.82) is 0 Å². The van der Waals surface area contributed by atoms with Crippen LogP contribution in [0.15, 0.2) is 36.5 Å². The summed E-state index contributed by atoms with van der Waals surface area (Å²) in [7, 11) is 0. The third-order valence-corrected chi connectivity index (χ3v) is 5.05. The van der Waals surface area contributed by atoms with Gasteiger partial charge in [-0.3, -0.25) is 14.7 Å². The quantitative estimate of drug-likeness (QED) is 0.857. The number of anilines is 1. The summed E-state index contributed by atoms with van der Waals surface area (Å²) < 4.78 is 10.9. The molecule has 1 amide bonds. The van der Waals surface area contributed by atoms with Crippen LogP contribution in [-0.4, -0.2) is 54.3 Å². The minimum Gasteiger partial charge on any atom is -0.454 e. The van der Waals surface area contributed by atoms with E-state index in [4.69, 9.17) is 9.47 Å². The molecular formula is C22H28N4O3. The lowest BCUT2D eigenvalue weighted by Crippen LogP contribution is -2.46. The van der Waals surface area contributed by atoms with Crippen LogP contribution in [-0.2, 0) is 6.54 Å². The zero-order chi connectivity index (χ0) is 20.4. The van der Waals surface area contributed by atoms with Gasteiger partial charge in [0, 0.05) is 50.1 Å². The maximum Gasteiger partial charge on any atom is 0.270 e. The highest BCUT2D eigenvalue weighted by atomic mass is 16.7. The van der Waals surface area contributed by atoms with Crippen molar-refractivity contribution in [1.82, 2.24) is 15.2 Å². The van der Waals surface area contributed by atoms with Crippen LogP contribution in [0.25, 0.3) is 0 Å². The average molecular weight is 396 g/mol. The maximum absolute atomic E-state index is 12.4. The number of rotatable bonds is 4. The number of benzene rings is 1. The molecule has 29 heavy (non-hydrogen) atoms. The lowest BCUT2D eigenvalue weighted by atomic mass is 10.1. The molecule has 7 heteroatoms. The number of carbonyl (C=O) groups is 1. The van der Waals surface area contributed by atoms with Gasteiger partial charge in [0.2, 0.25) is 6.79 Å². The first-order valence-corrected chi connectivity index (χ1v) is 10.0. The second-order valence-corrected chi connectivity index (χ2v) is 8.55. The van der Waals surface area contributed by atoms with Crippen molar-refractivity contribution in [2.45, 2.75) is 32.9 Å². The van der Waals surface area contributed by atoms with E-state index in [0.29, 0.717) is 12.5 Å². The molecule has 0 spiro atoms. The van der Waals surface area contributed by atoms with Gasteiger partial charge in [0.25, 0.3) is 5.91 Å². The lowest BCUT2D eigenvalue weighted by Gasteiger charge is -2.36. The first kappa shape index (κ1) is 19.5. The number of fused-ring (bicyclic) bond motifs is 1. The standard InChI is InChI=1S/C22H28N4O3/c1-22(2,3)24-21(27)18-13-17(6-7-23-18)26-10-8-25(9-11-26)14-16-4-5-19-20(12-16)29-15-28-19/h4-7,12-13H,8-11,14-15H2,1-3H3,(H,24,27). The summed E-state index contributed by atoms with van der Waals surface area (Å²) in [6.07, 6.45) is 1.71. The van der Waals surface area contributed by atoms with Crippen molar-refractivity contribution in [3.05, 3.63) is 47.8 Å². The first-order chi connectivity index (χ1) is 13.9. The summed E-state index contributed by atoms with van der Waals surface area (Å²) in [6, 6.07) is 10.0. The Balaban J connectivity index is 1.35. The van der Waals surface area contributed by atoms with Gasteiger partial charge in [-0.1, -0.05) is 6.07 Å². The van der Waals surface area contributed by atoms with Gasteiger partial charge in [0.15, 0.2) is 11.5 Å². The second-order valence-electron chi connectivity index (χ2n) is 8.55. The summed E-state index contributed by atoms with van der Waals surface area (Å²) in [5.74, 6) is 1.52. The summed E-state index contributed by atoms with van der Waals surface area (Å²) in [5, 5.41) is 2.97. The average Bonchev–Trinajstić information content (AvgIpc) is 3.15. The van der Waals surface area contributed by atoms with Gasteiger partial charge in [0.1, 0.15) is 5.69 Å². The molecule has 2 aliphatic heterocycles. The summed E-state index contributed by atoms with van der Waals surface area (Å²) in [4.78, 5) is 21.4. The number of hydrogen-bond donors (Lipinski definition) is 1.